The minimum Gasteiger partial charge on any atom is -0.383 e. The SMILES string of the molecule is CCCc1c(N)ncnc1NCc1ccn(C)n1. The van der Waals surface area contributed by atoms with E-state index in [2.05, 4.69) is 27.3 Å². The lowest BCUT2D eigenvalue weighted by Crippen LogP contribution is -2.09. The zero-order valence-corrected chi connectivity index (χ0v) is 10.7. The van der Waals surface area contributed by atoms with E-state index in [1.165, 1.54) is 6.33 Å². The quantitative estimate of drug-likeness (QED) is 0.832. The Morgan fingerprint density at radius 3 is 2.89 bits per heavy atom. The number of hydrogen-bond acceptors (Lipinski definition) is 5. The summed E-state index contributed by atoms with van der Waals surface area (Å²) in [5.41, 5.74) is 7.82. The maximum Gasteiger partial charge on any atom is 0.135 e. The molecule has 2 rings (SSSR count). The molecule has 2 aromatic rings. The van der Waals surface area contributed by atoms with Gasteiger partial charge in [-0.15, -0.1) is 0 Å². The number of hydrogen-bond donors (Lipinski definition) is 2. The predicted molar refractivity (Wildman–Crippen MR) is 71.0 cm³/mol. The van der Waals surface area contributed by atoms with Gasteiger partial charge in [0.25, 0.3) is 0 Å². The highest BCUT2D eigenvalue weighted by Gasteiger charge is 2.08. The minimum absolute atomic E-state index is 0.551. The van der Waals surface area contributed by atoms with Crippen LogP contribution >= 0.6 is 0 Å². The van der Waals surface area contributed by atoms with Gasteiger partial charge in [-0.05, 0) is 12.5 Å². The van der Waals surface area contributed by atoms with Crippen molar-refractivity contribution in [3.8, 4) is 0 Å². The van der Waals surface area contributed by atoms with Crippen LogP contribution in [0.5, 0.6) is 0 Å². The van der Waals surface area contributed by atoms with Crippen molar-refractivity contribution in [1.82, 2.24) is 19.7 Å². The molecule has 0 aliphatic heterocycles. The van der Waals surface area contributed by atoms with E-state index >= 15 is 0 Å². The van der Waals surface area contributed by atoms with Crippen molar-refractivity contribution in [2.24, 2.45) is 7.05 Å². The lowest BCUT2D eigenvalue weighted by atomic mass is 10.1. The molecule has 6 nitrogen and oxygen atoms in total. The molecule has 0 spiro atoms. The van der Waals surface area contributed by atoms with Crippen molar-refractivity contribution in [1.29, 1.82) is 0 Å². The van der Waals surface area contributed by atoms with E-state index in [1.54, 1.807) is 4.68 Å². The Labute approximate surface area is 106 Å². The van der Waals surface area contributed by atoms with Crippen molar-refractivity contribution in [2.75, 3.05) is 11.1 Å². The monoisotopic (exact) mass is 246 g/mol. The van der Waals surface area contributed by atoms with Crippen LogP contribution in [-0.4, -0.2) is 19.7 Å². The summed E-state index contributed by atoms with van der Waals surface area (Å²) in [7, 11) is 1.90. The Morgan fingerprint density at radius 2 is 2.22 bits per heavy atom. The molecule has 3 N–H and O–H groups in total. The van der Waals surface area contributed by atoms with Gasteiger partial charge in [0.1, 0.15) is 18.0 Å². The standard InChI is InChI=1S/C12H18N6/c1-3-4-10-11(13)15-8-16-12(10)14-7-9-5-6-18(2)17-9/h5-6,8H,3-4,7H2,1-2H3,(H3,13,14,15,16). The maximum absolute atomic E-state index is 5.87. The van der Waals surface area contributed by atoms with Crippen molar-refractivity contribution in [3.63, 3.8) is 0 Å². The number of rotatable bonds is 5. The third-order valence-corrected chi connectivity index (χ3v) is 2.68. The van der Waals surface area contributed by atoms with E-state index in [0.29, 0.717) is 12.4 Å². The van der Waals surface area contributed by atoms with Crippen LogP contribution in [0.1, 0.15) is 24.6 Å². The number of nitrogen functional groups attached to an aromatic ring is 1. The molecular formula is C12H18N6. The summed E-state index contributed by atoms with van der Waals surface area (Å²) in [6.07, 6.45) is 5.28. The zero-order chi connectivity index (χ0) is 13.0. The van der Waals surface area contributed by atoms with Gasteiger partial charge in [-0.2, -0.15) is 5.10 Å². The molecule has 0 aliphatic carbocycles. The molecule has 0 saturated carbocycles. The van der Waals surface area contributed by atoms with E-state index in [4.69, 9.17) is 5.73 Å². The Hall–Kier alpha value is -2.11. The number of aromatic nitrogens is 4. The Kier molecular flexibility index (Phi) is 3.76. The number of aryl methyl sites for hydroxylation is 1. The molecule has 18 heavy (non-hydrogen) atoms. The first kappa shape index (κ1) is 12.3. The summed E-state index contributed by atoms with van der Waals surface area (Å²) in [5.74, 6) is 1.35. The Balaban J connectivity index is 2.11. The molecule has 0 amide bonds. The molecule has 6 heteroatoms. The molecule has 0 bridgehead atoms. The fourth-order valence-electron chi connectivity index (χ4n) is 1.81. The topological polar surface area (TPSA) is 81.6 Å². The first-order valence-electron chi connectivity index (χ1n) is 6.02. The largest absolute Gasteiger partial charge is 0.383 e. The van der Waals surface area contributed by atoms with Crippen LogP contribution in [0.25, 0.3) is 0 Å². The van der Waals surface area contributed by atoms with Crippen molar-refractivity contribution in [2.45, 2.75) is 26.3 Å². The van der Waals surface area contributed by atoms with Crippen LogP contribution in [-0.2, 0) is 20.0 Å². The van der Waals surface area contributed by atoms with E-state index in [1.807, 2.05) is 19.3 Å². The molecule has 0 aliphatic rings. The number of anilines is 2. The summed E-state index contributed by atoms with van der Waals surface area (Å²) < 4.78 is 1.78. The van der Waals surface area contributed by atoms with Crippen molar-refractivity contribution >= 4 is 11.6 Å². The summed E-state index contributed by atoms with van der Waals surface area (Å²) in [6.45, 7) is 2.74. The minimum atomic E-state index is 0.551. The molecule has 0 saturated heterocycles. The number of nitrogens with zero attached hydrogens (tertiary/aromatic N) is 4. The van der Waals surface area contributed by atoms with Gasteiger partial charge in [-0.25, -0.2) is 9.97 Å². The van der Waals surface area contributed by atoms with Gasteiger partial charge in [0, 0.05) is 18.8 Å². The maximum atomic E-state index is 5.87. The molecule has 96 valence electrons. The van der Waals surface area contributed by atoms with Gasteiger partial charge < -0.3 is 11.1 Å². The van der Waals surface area contributed by atoms with Crippen LogP contribution in [0, 0.1) is 0 Å². The average molecular weight is 246 g/mol. The molecule has 0 atom stereocenters. The molecule has 0 fully saturated rings. The number of nitrogens with one attached hydrogen (secondary N) is 1. The predicted octanol–water partition coefficient (Wildman–Crippen LogP) is 1.36. The van der Waals surface area contributed by atoms with Crippen molar-refractivity contribution in [3.05, 3.63) is 29.8 Å². The molecular weight excluding hydrogens is 228 g/mol. The fraction of sp³-hybridized carbons (Fsp3) is 0.417. The van der Waals surface area contributed by atoms with Gasteiger partial charge in [-0.3, -0.25) is 4.68 Å². The van der Waals surface area contributed by atoms with Crippen LogP contribution in [0.3, 0.4) is 0 Å². The highest BCUT2D eigenvalue weighted by atomic mass is 15.3. The first-order valence-corrected chi connectivity index (χ1v) is 6.02. The summed E-state index contributed by atoms with van der Waals surface area (Å²) in [6, 6.07) is 1.97. The van der Waals surface area contributed by atoms with Gasteiger partial charge in [0.15, 0.2) is 0 Å². The van der Waals surface area contributed by atoms with Gasteiger partial charge in [0.05, 0.1) is 12.2 Å². The Morgan fingerprint density at radius 1 is 1.39 bits per heavy atom. The highest BCUT2D eigenvalue weighted by molar-refractivity contribution is 5.55. The Bertz CT molecular complexity index is 519. The van der Waals surface area contributed by atoms with Gasteiger partial charge >= 0.3 is 0 Å². The van der Waals surface area contributed by atoms with Gasteiger partial charge in [-0.1, -0.05) is 13.3 Å². The third kappa shape index (κ3) is 2.77. The lowest BCUT2D eigenvalue weighted by Gasteiger charge is -2.10. The summed E-state index contributed by atoms with van der Waals surface area (Å²) in [4.78, 5) is 8.27. The van der Waals surface area contributed by atoms with Crippen molar-refractivity contribution < 1.29 is 0 Å². The molecule has 0 unspecified atom stereocenters. The zero-order valence-electron chi connectivity index (χ0n) is 10.7. The number of nitrogens with two attached hydrogens (primary N) is 1. The van der Waals surface area contributed by atoms with Crippen LogP contribution in [0.2, 0.25) is 0 Å². The third-order valence-electron chi connectivity index (χ3n) is 2.68. The van der Waals surface area contributed by atoms with E-state index in [-0.39, 0.29) is 0 Å². The second-order valence-corrected chi connectivity index (χ2v) is 4.17. The average Bonchev–Trinajstić information content (AvgIpc) is 2.76. The normalized spacial score (nSPS) is 10.6. The first-order chi connectivity index (χ1) is 8.70. The molecule has 0 aromatic carbocycles. The van der Waals surface area contributed by atoms with E-state index < -0.39 is 0 Å². The van der Waals surface area contributed by atoms with E-state index in [9.17, 15) is 0 Å². The second-order valence-electron chi connectivity index (χ2n) is 4.17. The summed E-state index contributed by atoms with van der Waals surface area (Å²) >= 11 is 0. The van der Waals surface area contributed by atoms with Gasteiger partial charge in [0.2, 0.25) is 0 Å². The molecule has 2 aromatic heterocycles. The summed E-state index contributed by atoms with van der Waals surface area (Å²) in [5, 5.41) is 7.56. The smallest absolute Gasteiger partial charge is 0.135 e. The van der Waals surface area contributed by atoms with Crippen LogP contribution < -0.4 is 11.1 Å². The fourth-order valence-corrected chi connectivity index (χ4v) is 1.81. The van der Waals surface area contributed by atoms with Crippen LogP contribution in [0.15, 0.2) is 18.6 Å². The lowest BCUT2D eigenvalue weighted by molar-refractivity contribution is 0.746. The van der Waals surface area contributed by atoms with E-state index in [0.717, 1.165) is 29.9 Å². The highest BCUT2D eigenvalue weighted by Crippen LogP contribution is 2.19. The second kappa shape index (κ2) is 5.48. The molecule has 2 heterocycles. The molecule has 0 radical (unpaired) electrons. The van der Waals surface area contributed by atoms with Crippen LogP contribution in [0.4, 0.5) is 11.6 Å².